The molecule has 3 amide bonds. The number of rotatable bonds is 8. The summed E-state index contributed by atoms with van der Waals surface area (Å²) >= 11 is 0. The molecule has 1 heterocycles. The molecule has 1 aliphatic heterocycles. The molecule has 1 aromatic carbocycles. The predicted octanol–water partition coefficient (Wildman–Crippen LogP) is 2.74. The molecule has 2 bridgehead atoms. The normalized spacial score (nSPS) is 27.2. The molecule has 154 valence electrons. The van der Waals surface area contributed by atoms with Crippen LogP contribution in [0.25, 0.3) is 0 Å². The fraction of sp³-hybridized carbons (Fsp3) is 0.542. The number of fused-ring (bicyclic) bond motifs is 5. The van der Waals surface area contributed by atoms with Crippen molar-refractivity contribution in [3.8, 4) is 0 Å². The first kappa shape index (κ1) is 19.9. The van der Waals surface area contributed by atoms with Crippen LogP contribution in [0.4, 0.5) is 0 Å². The topological polar surface area (TPSA) is 66.5 Å². The van der Waals surface area contributed by atoms with Crippen molar-refractivity contribution < 1.29 is 14.4 Å². The van der Waals surface area contributed by atoms with Gasteiger partial charge in [-0.1, -0.05) is 50.3 Å². The van der Waals surface area contributed by atoms with Crippen molar-refractivity contribution in [2.24, 2.45) is 29.6 Å². The third kappa shape index (κ3) is 4.00. The van der Waals surface area contributed by atoms with Crippen molar-refractivity contribution in [3.63, 3.8) is 0 Å². The molecule has 1 saturated carbocycles. The van der Waals surface area contributed by atoms with Gasteiger partial charge in [0, 0.05) is 19.5 Å². The van der Waals surface area contributed by atoms with Crippen LogP contribution in [0.3, 0.4) is 0 Å². The van der Waals surface area contributed by atoms with E-state index in [1.165, 1.54) is 10.5 Å². The maximum Gasteiger partial charge on any atom is 0.233 e. The van der Waals surface area contributed by atoms with Crippen molar-refractivity contribution in [2.45, 2.75) is 39.5 Å². The fourth-order valence-electron chi connectivity index (χ4n) is 5.15. The minimum Gasteiger partial charge on any atom is -0.354 e. The van der Waals surface area contributed by atoms with Gasteiger partial charge in [0.25, 0.3) is 0 Å². The monoisotopic (exact) mass is 394 g/mol. The molecule has 3 aliphatic rings. The van der Waals surface area contributed by atoms with Crippen LogP contribution in [-0.4, -0.2) is 35.7 Å². The van der Waals surface area contributed by atoms with Gasteiger partial charge in [-0.15, -0.1) is 0 Å². The summed E-state index contributed by atoms with van der Waals surface area (Å²) in [6, 6.07) is 8.45. The molecule has 5 heteroatoms. The lowest BCUT2D eigenvalue weighted by atomic mass is 9.85. The fourth-order valence-corrected chi connectivity index (χ4v) is 5.15. The molecule has 0 spiro atoms. The summed E-state index contributed by atoms with van der Waals surface area (Å²) in [5, 5.41) is 2.86. The number of nitrogens with zero attached hydrogens (tertiary/aromatic N) is 1. The highest BCUT2D eigenvalue weighted by Gasteiger charge is 2.58. The molecule has 1 aromatic rings. The summed E-state index contributed by atoms with van der Waals surface area (Å²) in [4.78, 5) is 38.8. The molecule has 0 aromatic heterocycles. The summed E-state index contributed by atoms with van der Waals surface area (Å²) in [6.45, 7) is 5.01. The molecule has 2 aliphatic carbocycles. The lowest BCUT2D eigenvalue weighted by molar-refractivity contribution is -0.141. The van der Waals surface area contributed by atoms with Crippen molar-refractivity contribution >= 4 is 17.7 Å². The molecule has 2 fully saturated rings. The maximum absolute atomic E-state index is 12.6. The van der Waals surface area contributed by atoms with Gasteiger partial charge in [0.15, 0.2) is 0 Å². The number of hydrogen-bond acceptors (Lipinski definition) is 3. The Balaban J connectivity index is 1.20. The van der Waals surface area contributed by atoms with Gasteiger partial charge >= 0.3 is 0 Å². The Morgan fingerprint density at radius 2 is 1.62 bits per heavy atom. The van der Waals surface area contributed by atoms with Crippen LogP contribution in [0.5, 0.6) is 0 Å². The van der Waals surface area contributed by atoms with E-state index in [4.69, 9.17) is 0 Å². The Kier molecular flexibility index (Phi) is 5.57. The summed E-state index contributed by atoms with van der Waals surface area (Å²) in [6.07, 6.45) is 7.29. The van der Waals surface area contributed by atoms with E-state index in [2.05, 4.69) is 55.6 Å². The molecule has 1 N–H and O–H groups in total. The molecule has 4 atom stereocenters. The van der Waals surface area contributed by atoms with Crippen molar-refractivity contribution in [3.05, 3.63) is 47.5 Å². The molecule has 29 heavy (non-hydrogen) atoms. The standard InChI is InChI=1S/C24H30N2O3/c1-15(2)13-17-5-3-16(4-6-17)7-10-20(27)25-11-12-26-23(28)21-18-8-9-19(14-18)22(21)24(26)29/h3-6,8-9,15,18-19,21-22H,7,10-14H2,1-2H3,(H,25,27). The Morgan fingerprint density at radius 1 is 1.03 bits per heavy atom. The zero-order valence-corrected chi connectivity index (χ0v) is 17.3. The zero-order chi connectivity index (χ0) is 20.5. The highest BCUT2D eigenvalue weighted by molar-refractivity contribution is 6.06. The molecule has 4 rings (SSSR count). The molecule has 4 unspecified atom stereocenters. The summed E-state index contributed by atoms with van der Waals surface area (Å²) < 4.78 is 0. The van der Waals surface area contributed by atoms with Gasteiger partial charge in [-0.2, -0.15) is 0 Å². The van der Waals surface area contributed by atoms with Gasteiger partial charge < -0.3 is 5.32 Å². The minimum absolute atomic E-state index is 0.0442. The Bertz CT molecular complexity index is 797. The van der Waals surface area contributed by atoms with Crippen LogP contribution >= 0.6 is 0 Å². The molecule has 1 saturated heterocycles. The van der Waals surface area contributed by atoms with E-state index in [0.717, 1.165) is 18.4 Å². The second kappa shape index (κ2) is 8.13. The SMILES string of the molecule is CC(C)Cc1ccc(CCC(=O)NCCN2C(=O)C3C4C=CC(C4)C3C2=O)cc1. The molecule has 5 nitrogen and oxygen atoms in total. The third-order valence-corrected chi connectivity index (χ3v) is 6.53. The van der Waals surface area contributed by atoms with Crippen LogP contribution in [0.2, 0.25) is 0 Å². The van der Waals surface area contributed by atoms with Crippen LogP contribution in [0, 0.1) is 29.6 Å². The number of benzene rings is 1. The Labute approximate surface area is 172 Å². The van der Waals surface area contributed by atoms with E-state index >= 15 is 0 Å². The second-order valence-corrected chi connectivity index (χ2v) is 9.09. The van der Waals surface area contributed by atoms with Crippen LogP contribution in [0.1, 0.15) is 37.8 Å². The summed E-state index contributed by atoms with van der Waals surface area (Å²) in [7, 11) is 0. The number of nitrogens with one attached hydrogen (secondary N) is 1. The highest BCUT2D eigenvalue weighted by Crippen LogP contribution is 2.52. The van der Waals surface area contributed by atoms with Gasteiger partial charge in [-0.3, -0.25) is 19.3 Å². The number of carbonyl (C=O) groups excluding carboxylic acids is 3. The lowest BCUT2D eigenvalue weighted by Gasteiger charge is -2.17. The number of imide groups is 1. The summed E-state index contributed by atoms with van der Waals surface area (Å²) in [5.74, 6) is 0.629. The van der Waals surface area contributed by atoms with Crippen LogP contribution in [-0.2, 0) is 27.2 Å². The van der Waals surface area contributed by atoms with Crippen molar-refractivity contribution in [2.75, 3.05) is 13.1 Å². The van der Waals surface area contributed by atoms with Crippen LogP contribution < -0.4 is 5.32 Å². The average Bonchev–Trinajstić information content (AvgIpc) is 3.36. The zero-order valence-electron chi connectivity index (χ0n) is 17.3. The van der Waals surface area contributed by atoms with Crippen LogP contribution in [0.15, 0.2) is 36.4 Å². The van der Waals surface area contributed by atoms with E-state index in [-0.39, 0.29) is 47.9 Å². The van der Waals surface area contributed by atoms with Crippen molar-refractivity contribution in [1.29, 1.82) is 0 Å². The predicted molar refractivity (Wildman–Crippen MR) is 111 cm³/mol. The molecular formula is C24H30N2O3. The Morgan fingerprint density at radius 3 is 2.21 bits per heavy atom. The van der Waals surface area contributed by atoms with E-state index in [1.807, 2.05) is 0 Å². The van der Waals surface area contributed by atoms with E-state index in [9.17, 15) is 14.4 Å². The smallest absolute Gasteiger partial charge is 0.233 e. The number of hydrogen-bond donors (Lipinski definition) is 1. The molecular weight excluding hydrogens is 364 g/mol. The van der Waals surface area contributed by atoms with Gasteiger partial charge in [0.2, 0.25) is 17.7 Å². The number of likely N-dealkylation sites (tertiary alicyclic amines) is 1. The first-order valence-electron chi connectivity index (χ1n) is 10.8. The molecule has 0 radical (unpaired) electrons. The van der Waals surface area contributed by atoms with E-state index in [0.29, 0.717) is 25.3 Å². The quantitative estimate of drug-likeness (QED) is 0.545. The van der Waals surface area contributed by atoms with Gasteiger partial charge in [-0.25, -0.2) is 0 Å². The third-order valence-electron chi connectivity index (χ3n) is 6.53. The number of carbonyl (C=O) groups is 3. The summed E-state index contributed by atoms with van der Waals surface area (Å²) in [5.41, 5.74) is 2.47. The maximum atomic E-state index is 12.6. The second-order valence-electron chi connectivity index (χ2n) is 9.09. The van der Waals surface area contributed by atoms with Crippen molar-refractivity contribution in [1.82, 2.24) is 10.2 Å². The lowest BCUT2D eigenvalue weighted by Crippen LogP contribution is -2.39. The number of aryl methyl sites for hydroxylation is 1. The highest BCUT2D eigenvalue weighted by atomic mass is 16.2. The average molecular weight is 395 g/mol. The minimum atomic E-state index is -0.160. The first-order valence-corrected chi connectivity index (χ1v) is 10.8. The first-order chi connectivity index (χ1) is 13.9. The Hall–Kier alpha value is -2.43. The van der Waals surface area contributed by atoms with Gasteiger partial charge in [0.05, 0.1) is 11.8 Å². The van der Waals surface area contributed by atoms with Gasteiger partial charge in [0.1, 0.15) is 0 Å². The number of amides is 3. The largest absolute Gasteiger partial charge is 0.354 e. The van der Waals surface area contributed by atoms with Gasteiger partial charge in [-0.05, 0) is 48.1 Å². The van der Waals surface area contributed by atoms with E-state index < -0.39 is 0 Å². The number of allylic oxidation sites excluding steroid dienone is 2. The van der Waals surface area contributed by atoms with E-state index in [1.54, 1.807) is 0 Å².